The Labute approximate surface area is 169 Å². The van der Waals surface area contributed by atoms with E-state index in [2.05, 4.69) is 27.8 Å². The lowest BCUT2D eigenvalue weighted by atomic mass is 10.0. The topological polar surface area (TPSA) is 80.3 Å². The first-order chi connectivity index (χ1) is 13.3. The summed E-state index contributed by atoms with van der Waals surface area (Å²) in [5.41, 5.74) is 5.05. The van der Waals surface area contributed by atoms with Crippen LogP contribution in [-0.2, 0) is 14.3 Å². The highest BCUT2D eigenvalue weighted by Crippen LogP contribution is 2.28. The van der Waals surface area contributed by atoms with Gasteiger partial charge in [0.1, 0.15) is 6.10 Å². The Morgan fingerprint density at radius 3 is 2.57 bits per heavy atom. The fraction of sp³-hybridized carbons (Fsp3) is 0.476. The lowest BCUT2D eigenvalue weighted by Crippen LogP contribution is -2.41. The summed E-state index contributed by atoms with van der Waals surface area (Å²) >= 11 is 1.63. The van der Waals surface area contributed by atoms with E-state index in [0.717, 1.165) is 16.8 Å². The largest absolute Gasteiger partial charge is 0.461 e. The van der Waals surface area contributed by atoms with Crippen molar-refractivity contribution >= 4 is 23.2 Å². The maximum absolute atomic E-state index is 12.6. The molecule has 7 heteroatoms. The summed E-state index contributed by atoms with van der Waals surface area (Å²) in [4.78, 5) is 29.7. The molecule has 1 aromatic heterocycles. The molecule has 2 heterocycles. The highest BCUT2D eigenvalue weighted by molar-refractivity contribution is 7.13. The summed E-state index contributed by atoms with van der Waals surface area (Å²) in [6.07, 6.45) is 0.253. The Kier molecular flexibility index (Phi) is 6.46. The van der Waals surface area contributed by atoms with Gasteiger partial charge in [-0.25, -0.2) is 4.98 Å². The van der Waals surface area contributed by atoms with Gasteiger partial charge in [0.05, 0.1) is 34.1 Å². The van der Waals surface area contributed by atoms with Gasteiger partial charge in [0.25, 0.3) is 0 Å². The normalized spacial score (nSPS) is 20.2. The third-order valence-electron chi connectivity index (χ3n) is 4.94. The smallest absolute Gasteiger partial charge is 0.308 e. The van der Waals surface area contributed by atoms with Gasteiger partial charge in [-0.1, -0.05) is 38.1 Å². The van der Waals surface area contributed by atoms with Crippen molar-refractivity contribution in [2.75, 3.05) is 6.54 Å². The molecule has 0 bridgehead atoms. The minimum absolute atomic E-state index is 0.0713. The number of carbonyl (C=O) groups excluding carboxylic acids is 2. The molecular formula is C21H27N3O3S. The van der Waals surface area contributed by atoms with Crippen molar-refractivity contribution in [3.05, 3.63) is 41.0 Å². The molecule has 1 fully saturated rings. The van der Waals surface area contributed by atoms with E-state index in [9.17, 15) is 9.59 Å². The second kappa shape index (κ2) is 8.84. The number of hydrogen-bond donors (Lipinski definition) is 2. The third kappa shape index (κ3) is 4.77. The molecule has 2 unspecified atom stereocenters. The van der Waals surface area contributed by atoms with Crippen LogP contribution >= 0.6 is 11.3 Å². The Morgan fingerprint density at radius 2 is 1.96 bits per heavy atom. The highest BCUT2D eigenvalue weighted by atomic mass is 32.1. The predicted octanol–water partition coefficient (Wildman–Crippen LogP) is 3.23. The van der Waals surface area contributed by atoms with Crippen LogP contribution in [0.15, 0.2) is 29.8 Å². The van der Waals surface area contributed by atoms with E-state index in [1.54, 1.807) is 25.2 Å². The summed E-state index contributed by atoms with van der Waals surface area (Å²) in [6.45, 7) is 8.09. The highest BCUT2D eigenvalue weighted by Gasteiger charge is 2.32. The molecule has 0 radical (unpaired) electrons. The molecule has 1 aliphatic heterocycles. The summed E-state index contributed by atoms with van der Waals surface area (Å²) in [5, 5.41) is 6.20. The van der Waals surface area contributed by atoms with Gasteiger partial charge in [-0.05, 0) is 25.0 Å². The molecule has 3 atom stereocenters. The molecule has 0 saturated carbocycles. The fourth-order valence-corrected chi connectivity index (χ4v) is 4.00. The van der Waals surface area contributed by atoms with Crippen molar-refractivity contribution in [2.45, 2.75) is 52.3 Å². The SMILES string of the molecule is Cc1ncsc1-c1ccc([C@H](C)NC(=O)C2CC(OC(=O)C(C)C)CN2)cc1. The molecule has 2 N–H and O–H groups in total. The van der Waals surface area contributed by atoms with Crippen molar-refractivity contribution in [2.24, 2.45) is 5.92 Å². The number of amides is 1. The second-order valence-electron chi connectivity index (χ2n) is 7.53. The predicted molar refractivity (Wildman–Crippen MR) is 110 cm³/mol. The average Bonchev–Trinajstić information content (AvgIpc) is 3.30. The van der Waals surface area contributed by atoms with Crippen LogP contribution in [-0.4, -0.2) is 35.6 Å². The fourth-order valence-electron chi connectivity index (χ4n) is 3.19. The first kappa shape index (κ1) is 20.5. The Bertz CT molecular complexity index is 832. The number of carbonyl (C=O) groups is 2. The minimum Gasteiger partial charge on any atom is -0.461 e. The quantitative estimate of drug-likeness (QED) is 0.727. The van der Waals surface area contributed by atoms with Crippen molar-refractivity contribution in [1.29, 1.82) is 0 Å². The van der Waals surface area contributed by atoms with Crippen LogP contribution < -0.4 is 10.6 Å². The third-order valence-corrected chi connectivity index (χ3v) is 5.92. The van der Waals surface area contributed by atoms with Gasteiger partial charge in [-0.3, -0.25) is 9.59 Å². The molecule has 0 aliphatic carbocycles. The molecule has 150 valence electrons. The number of benzene rings is 1. The van der Waals surface area contributed by atoms with Gasteiger partial charge in [-0.15, -0.1) is 11.3 Å². The molecule has 1 aromatic carbocycles. The van der Waals surface area contributed by atoms with Gasteiger partial charge < -0.3 is 15.4 Å². The number of hydrogen-bond acceptors (Lipinski definition) is 6. The van der Waals surface area contributed by atoms with Crippen LogP contribution in [0.4, 0.5) is 0 Å². The zero-order valence-electron chi connectivity index (χ0n) is 16.7. The van der Waals surface area contributed by atoms with Crippen LogP contribution in [0.25, 0.3) is 10.4 Å². The van der Waals surface area contributed by atoms with E-state index in [-0.39, 0.29) is 36.0 Å². The summed E-state index contributed by atoms with van der Waals surface area (Å²) < 4.78 is 5.42. The molecule has 3 rings (SSSR count). The van der Waals surface area contributed by atoms with Crippen LogP contribution in [0.1, 0.15) is 44.5 Å². The van der Waals surface area contributed by atoms with Crippen molar-refractivity contribution in [3.63, 3.8) is 0 Å². The summed E-state index contributed by atoms with van der Waals surface area (Å²) in [7, 11) is 0. The molecule has 6 nitrogen and oxygen atoms in total. The van der Waals surface area contributed by atoms with E-state index >= 15 is 0 Å². The van der Waals surface area contributed by atoms with Crippen LogP contribution in [0, 0.1) is 12.8 Å². The molecule has 0 spiro atoms. The maximum Gasteiger partial charge on any atom is 0.308 e. The number of thiazole rings is 1. The summed E-state index contributed by atoms with van der Waals surface area (Å²) in [5.74, 6) is -0.458. The number of esters is 1. The number of aromatic nitrogens is 1. The van der Waals surface area contributed by atoms with Crippen LogP contribution in [0.5, 0.6) is 0 Å². The molecule has 28 heavy (non-hydrogen) atoms. The van der Waals surface area contributed by atoms with Crippen molar-refractivity contribution < 1.29 is 14.3 Å². The van der Waals surface area contributed by atoms with Crippen LogP contribution in [0.3, 0.4) is 0 Å². The lowest BCUT2D eigenvalue weighted by Gasteiger charge is -2.18. The summed E-state index contributed by atoms with van der Waals surface area (Å²) in [6, 6.07) is 7.75. The lowest BCUT2D eigenvalue weighted by molar-refractivity contribution is -0.152. The Morgan fingerprint density at radius 1 is 1.25 bits per heavy atom. The molecule has 1 saturated heterocycles. The van der Waals surface area contributed by atoms with Crippen LogP contribution in [0.2, 0.25) is 0 Å². The maximum atomic E-state index is 12.6. The van der Waals surface area contributed by atoms with E-state index in [1.165, 1.54) is 4.88 Å². The second-order valence-corrected chi connectivity index (χ2v) is 8.38. The number of aryl methyl sites for hydroxylation is 1. The van der Waals surface area contributed by atoms with Gasteiger partial charge in [0, 0.05) is 13.0 Å². The zero-order valence-corrected chi connectivity index (χ0v) is 17.5. The number of nitrogens with one attached hydrogen (secondary N) is 2. The van der Waals surface area contributed by atoms with Gasteiger partial charge in [0.2, 0.25) is 5.91 Å². The zero-order chi connectivity index (χ0) is 20.3. The van der Waals surface area contributed by atoms with E-state index < -0.39 is 0 Å². The van der Waals surface area contributed by atoms with Gasteiger partial charge >= 0.3 is 5.97 Å². The van der Waals surface area contributed by atoms with Crippen molar-refractivity contribution in [1.82, 2.24) is 15.6 Å². The number of nitrogens with zero attached hydrogens (tertiary/aromatic N) is 1. The van der Waals surface area contributed by atoms with Crippen molar-refractivity contribution in [3.8, 4) is 10.4 Å². The Hall–Kier alpha value is -2.25. The monoisotopic (exact) mass is 401 g/mol. The average molecular weight is 402 g/mol. The first-order valence-corrected chi connectivity index (χ1v) is 10.5. The van der Waals surface area contributed by atoms with Gasteiger partial charge in [-0.2, -0.15) is 0 Å². The van der Waals surface area contributed by atoms with E-state index in [4.69, 9.17) is 4.74 Å². The van der Waals surface area contributed by atoms with Gasteiger partial charge in [0.15, 0.2) is 0 Å². The molecule has 1 aliphatic rings. The standard InChI is InChI=1S/C21H27N3O3S/c1-12(2)21(26)27-17-9-18(22-10-17)20(25)24-13(3)15-5-7-16(8-6-15)19-14(4)23-11-28-19/h5-8,11-13,17-18,22H,9-10H2,1-4H3,(H,24,25)/t13-,17?,18?/m0/s1. The van der Waals surface area contributed by atoms with E-state index in [1.807, 2.05) is 31.5 Å². The Balaban J connectivity index is 1.54. The molecule has 1 amide bonds. The van der Waals surface area contributed by atoms with E-state index in [0.29, 0.717) is 13.0 Å². The molecular weight excluding hydrogens is 374 g/mol. The minimum atomic E-state index is -0.341. The first-order valence-electron chi connectivity index (χ1n) is 9.59. The number of rotatable bonds is 6. The number of ether oxygens (including phenoxy) is 1. The molecule has 2 aromatic rings.